The first kappa shape index (κ1) is 78.7. The number of ether oxygens (including phenoxy) is 12. The molecule has 6 aromatic carbocycles. The maximum atomic E-state index is 13.8. The molecule has 3 aliphatic heterocycles. The molecule has 6 unspecified atom stereocenters. The van der Waals surface area contributed by atoms with Crippen molar-refractivity contribution in [3.63, 3.8) is 0 Å². The van der Waals surface area contributed by atoms with E-state index in [1.165, 1.54) is 14.7 Å². The number of hydrogen-bond acceptors (Lipinski definition) is 23. The van der Waals surface area contributed by atoms with E-state index in [4.69, 9.17) is 74.0 Å². The molecule has 0 aromatic heterocycles. The monoisotopic (exact) mass is 1410 g/mol. The van der Waals surface area contributed by atoms with Gasteiger partial charge in [0.05, 0.1) is 150 Å². The summed E-state index contributed by atoms with van der Waals surface area (Å²) in [7, 11) is 0. The highest BCUT2D eigenvalue weighted by molar-refractivity contribution is 6.28. The average Bonchev–Trinajstić information content (AvgIpc) is 0.757. The lowest BCUT2D eigenvalue weighted by Crippen LogP contribution is -2.44. The molecule has 6 atom stereocenters. The maximum absolute atomic E-state index is 13.8. The number of benzene rings is 6. The van der Waals surface area contributed by atoms with Crippen LogP contribution in [0.5, 0.6) is 0 Å². The molecule has 0 bridgehead atoms. The summed E-state index contributed by atoms with van der Waals surface area (Å²) in [5.41, 5.74) is 21.6. The molecule has 0 spiro atoms. The molecule has 3 heterocycles. The molecule has 9 rings (SSSR count). The molecule has 554 valence electrons. The van der Waals surface area contributed by atoms with Gasteiger partial charge in [0.15, 0.2) is 0 Å². The molecule has 0 saturated carbocycles. The van der Waals surface area contributed by atoms with Crippen LogP contribution in [0.2, 0.25) is 0 Å². The summed E-state index contributed by atoms with van der Waals surface area (Å²) in [6.07, 6.45) is -0.441. The Kier molecular flexibility index (Phi) is 30.0. The fourth-order valence-electron chi connectivity index (χ4n) is 12.5. The van der Waals surface area contributed by atoms with Crippen LogP contribution >= 0.6 is 0 Å². The van der Waals surface area contributed by atoms with E-state index in [1.54, 1.807) is 36.4 Å². The van der Waals surface area contributed by atoms with E-state index in [1.807, 2.05) is 96.1 Å². The predicted molar refractivity (Wildman–Crippen MR) is 386 cm³/mol. The lowest BCUT2D eigenvalue weighted by molar-refractivity contribution is -0.393. The van der Waals surface area contributed by atoms with Crippen molar-refractivity contribution in [2.24, 2.45) is 23.1 Å². The highest BCUT2D eigenvalue weighted by atomic mass is 16.9. The molecule has 26 nitrogen and oxygen atoms in total. The Balaban J connectivity index is 0.808. The van der Waals surface area contributed by atoms with E-state index in [2.05, 4.69) is 17.6 Å². The van der Waals surface area contributed by atoms with Crippen LogP contribution in [0.15, 0.2) is 91.0 Å². The van der Waals surface area contributed by atoms with Gasteiger partial charge in [-0.3, -0.25) is 43.5 Å². The highest BCUT2D eigenvalue weighted by Crippen LogP contribution is 2.38. The van der Waals surface area contributed by atoms with Crippen LogP contribution in [0.25, 0.3) is 32.3 Å². The van der Waals surface area contributed by atoms with Crippen LogP contribution < -0.4 is 27.8 Å². The van der Waals surface area contributed by atoms with Crippen LogP contribution in [0.1, 0.15) is 123 Å². The van der Waals surface area contributed by atoms with Gasteiger partial charge in [0.1, 0.15) is 0 Å². The van der Waals surface area contributed by atoms with Crippen molar-refractivity contribution in [3.8, 4) is 0 Å². The third kappa shape index (κ3) is 20.1. The summed E-state index contributed by atoms with van der Waals surface area (Å²) in [5.74, 6) is -3.82. The minimum Gasteiger partial charge on any atom is -0.380 e. The number of carbonyl (C=O) groups is 6. The number of nitrogens with two attached hydrogens (primary N) is 3. The molecule has 8 N–H and O–H groups in total. The average molecular weight is 1420 g/mol. The minimum absolute atomic E-state index is 0.0146. The standard InChI is InChI=1S/C76H102N8O18/c1-8-76(100-46-52(5)97-43-49(2)42-55-18-19-62-67-56(55)12-9-15-59(67)70(85)82(73(62)88)27-33-94-39-36-91-30-24-77,101-47-53(6)98-44-50(3)80-65-22-20-63-68-57(65)13-10-16-60(68)71(86)83(74(63)89)28-34-95-40-37-92-31-25-78)102-48-54(7)99-45-51(4)81-66-23-21-64-69-58(66)14-11-17-61(69)72(87)84(75(64)90)29-35-96-41-38-93-32-26-79/h9-23,49-54,80-81H,8,24-48,77-79H2,1-7H3. The smallest absolute Gasteiger partial charge is 0.282 e. The number of amides is 6. The first-order chi connectivity index (χ1) is 49.4. The topological polar surface area (TPSA) is 325 Å². The Morgan fingerprint density at radius 3 is 1.04 bits per heavy atom. The third-order valence-electron chi connectivity index (χ3n) is 17.7. The van der Waals surface area contributed by atoms with Crippen LogP contribution in [0, 0.1) is 5.92 Å². The van der Waals surface area contributed by atoms with E-state index in [0.29, 0.717) is 142 Å². The zero-order valence-corrected chi connectivity index (χ0v) is 59.9. The second-order valence-electron chi connectivity index (χ2n) is 25.9. The van der Waals surface area contributed by atoms with Gasteiger partial charge in [-0.2, -0.15) is 0 Å². The molecule has 6 amide bonds. The van der Waals surface area contributed by atoms with Gasteiger partial charge in [0.2, 0.25) is 0 Å². The van der Waals surface area contributed by atoms with Crippen LogP contribution in [-0.4, -0.2) is 245 Å². The van der Waals surface area contributed by atoms with Crippen LogP contribution in [0.3, 0.4) is 0 Å². The summed E-state index contributed by atoms with van der Waals surface area (Å²) in [4.78, 5) is 86.4. The number of hydrogen-bond donors (Lipinski definition) is 5. The van der Waals surface area contributed by atoms with Crippen molar-refractivity contribution < 1.29 is 85.6 Å². The van der Waals surface area contributed by atoms with Gasteiger partial charge in [-0.05, 0) is 106 Å². The lowest BCUT2D eigenvalue weighted by atomic mass is 9.88. The molecule has 0 aliphatic carbocycles. The summed E-state index contributed by atoms with van der Waals surface area (Å²) >= 11 is 0. The van der Waals surface area contributed by atoms with Crippen molar-refractivity contribution in [1.29, 1.82) is 0 Å². The summed E-state index contributed by atoms with van der Waals surface area (Å²) in [5, 5.41) is 11.2. The Morgan fingerprint density at radius 2 is 0.686 bits per heavy atom. The van der Waals surface area contributed by atoms with Gasteiger partial charge in [0, 0.05) is 116 Å². The van der Waals surface area contributed by atoms with Gasteiger partial charge in [-0.1, -0.05) is 56.3 Å². The Labute approximate surface area is 596 Å². The number of imide groups is 3. The number of nitrogens with one attached hydrogen (secondary N) is 2. The van der Waals surface area contributed by atoms with E-state index in [9.17, 15) is 28.8 Å². The second kappa shape index (κ2) is 38.9. The van der Waals surface area contributed by atoms with Crippen molar-refractivity contribution in [2.75, 3.05) is 169 Å². The molecule has 0 radical (unpaired) electrons. The number of nitrogens with zero attached hydrogens (tertiary/aromatic N) is 3. The molecular weight excluding hydrogens is 1310 g/mol. The SMILES string of the molecule is CCC(OCC(C)OCC(C)Cc1ccc2c3c(cccc13)C(=O)N(CCOCCOCCN)C2=O)(OCC(C)OCC(C)Nc1ccc2c3c(cccc13)C(=O)N(CCOCCOCCN)C2=O)OCC(C)OCC(C)Nc1ccc2c3c(cccc13)C(=O)N(CCOCCOCCN)C2=O. The van der Waals surface area contributed by atoms with Crippen molar-refractivity contribution in [1.82, 2.24) is 14.7 Å². The lowest BCUT2D eigenvalue weighted by Gasteiger charge is -2.35. The van der Waals surface area contributed by atoms with Crippen molar-refractivity contribution in [3.05, 3.63) is 130 Å². The molecule has 6 aromatic rings. The molecule has 0 saturated heterocycles. The van der Waals surface area contributed by atoms with E-state index in [0.717, 1.165) is 33.1 Å². The van der Waals surface area contributed by atoms with E-state index < -0.39 is 24.3 Å². The largest absolute Gasteiger partial charge is 0.380 e. The Bertz CT molecular complexity index is 3370. The normalized spacial score (nSPS) is 16.2. The van der Waals surface area contributed by atoms with Crippen LogP contribution in [-0.2, 0) is 63.3 Å². The number of carbonyl (C=O) groups excluding carboxylic acids is 6. The summed E-state index contributed by atoms with van der Waals surface area (Å²) < 4.78 is 72.2. The predicted octanol–water partition coefficient (Wildman–Crippen LogP) is 7.42. The first-order valence-electron chi connectivity index (χ1n) is 35.5. The van der Waals surface area contributed by atoms with Gasteiger partial charge in [-0.25, -0.2) is 0 Å². The van der Waals surface area contributed by atoms with E-state index in [-0.39, 0.29) is 132 Å². The third-order valence-corrected chi connectivity index (χ3v) is 17.7. The Morgan fingerprint density at radius 1 is 0.373 bits per heavy atom. The van der Waals surface area contributed by atoms with Gasteiger partial charge in [0.25, 0.3) is 41.4 Å². The van der Waals surface area contributed by atoms with Gasteiger partial charge < -0.3 is 84.7 Å². The minimum atomic E-state index is -1.56. The fourth-order valence-corrected chi connectivity index (χ4v) is 12.5. The second-order valence-corrected chi connectivity index (χ2v) is 25.9. The molecule has 3 aliphatic rings. The van der Waals surface area contributed by atoms with E-state index >= 15 is 0 Å². The summed E-state index contributed by atoms with van der Waals surface area (Å²) in [6.45, 7) is 20.2. The zero-order valence-electron chi connectivity index (χ0n) is 59.9. The van der Waals surface area contributed by atoms with Gasteiger partial charge in [-0.15, -0.1) is 0 Å². The maximum Gasteiger partial charge on any atom is 0.282 e. The fraction of sp³-hybridized carbons (Fsp3) is 0.526. The van der Waals surface area contributed by atoms with Crippen molar-refractivity contribution >= 4 is 79.1 Å². The Hall–Kier alpha value is -7.48. The zero-order chi connectivity index (χ0) is 72.7. The van der Waals surface area contributed by atoms with Gasteiger partial charge >= 0.3 is 0 Å². The molecule has 0 fully saturated rings. The molecular formula is C76H102N8O18. The summed E-state index contributed by atoms with van der Waals surface area (Å²) in [6, 6.07) is 26.9. The van der Waals surface area contributed by atoms with Crippen LogP contribution in [0.4, 0.5) is 11.4 Å². The quantitative estimate of drug-likeness (QED) is 0.0141. The number of rotatable bonds is 49. The number of anilines is 2. The highest BCUT2D eigenvalue weighted by Gasteiger charge is 2.38. The molecule has 102 heavy (non-hydrogen) atoms. The molecule has 26 heteroatoms. The first-order valence-corrected chi connectivity index (χ1v) is 35.5. The van der Waals surface area contributed by atoms with Crippen molar-refractivity contribution in [2.45, 2.75) is 97.7 Å².